The van der Waals surface area contributed by atoms with E-state index in [2.05, 4.69) is 34.6 Å². The van der Waals surface area contributed by atoms with Crippen LogP contribution in [-0.2, 0) is 0 Å². The van der Waals surface area contributed by atoms with Crippen molar-refractivity contribution in [1.82, 2.24) is 0 Å². The Hall–Kier alpha value is 0. The molecule has 0 aromatic carbocycles. The lowest BCUT2D eigenvalue weighted by atomic mass is 9.87. The maximum atomic E-state index is 2.40. The second-order valence-electron chi connectivity index (χ2n) is 4.45. The number of rotatable bonds is 6. The third kappa shape index (κ3) is 4.79. The van der Waals surface area contributed by atoms with E-state index in [1.807, 2.05) is 0 Å². The third-order valence-corrected chi connectivity index (χ3v) is 3.43. The van der Waals surface area contributed by atoms with E-state index in [0.29, 0.717) is 0 Å². The molecular formula is C12H26. The Morgan fingerprint density at radius 1 is 0.750 bits per heavy atom. The Bertz CT molecular complexity index is 96.2. The first-order valence-electron chi connectivity index (χ1n) is 5.61. The average Bonchev–Trinajstić information content (AvgIpc) is 2.11. The summed E-state index contributed by atoms with van der Waals surface area (Å²) in [6.07, 6.45) is 5.51. The van der Waals surface area contributed by atoms with Gasteiger partial charge in [-0.1, -0.05) is 60.3 Å². The molecular weight excluding hydrogens is 144 g/mol. The zero-order chi connectivity index (χ0) is 9.56. The Morgan fingerprint density at radius 2 is 1.33 bits per heavy atom. The molecule has 0 aliphatic rings. The van der Waals surface area contributed by atoms with Crippen LogP contribution in [-0.4, -0.2) is 0 Å². The molecule has 0 aromatic rings. The van der Waals surface area contributed by atoms with Gasteiger partial charge in [0.25, 0.3) is 0 Å². The van der Waals surface area contributed by atoms with Gasteiger partial charge in [0, 0.05) is 0 Å². The molecule has 3 atom stereocenters. The molecule has 0 fully saturated rings. The predicted octanol–water partition coefficient (Wildman–Crippen LogP) is 4.49. The van der Waals surface area contributed by atoms with Crippen molar-refractivity contribution in [3.63, 3.8) is 0 Å². The van der Waals surface area contributed by atoms with E-state index in [9.17, 15) is 0 Å². The Morgan fingerprint density at radius 3 is 1.75 bits per heavy atom. The molecule has 0 heteroatoms. The van der Waals surface area contributed by atoms with Crippen molar-refractivity contribution in [3.8, 4) is 0 Å². The van der Waals surface area contributed by atoms with E-state index >= 15 is 0 Å². The van der Waals surface area contributed by atoms with E-state index in [-0.39, 0.29) is 0 Å². The molecule has 0 unspecified atom stereocenters. The molecule has 74 valence electrons. The topological polar surface area (TPSA) is 0 Å². The second kappa shape index (κ2) is 6.51. The van der Waals surface area contributed by atoms with Crippen LogP contribution >= 0.6 is 0 Å². The summed E-state index contributed by atoms with van der Waals surface area (Å²) >= 11 is 0. The van der Waals surface area contributed by atoms with Gasteiger partial charge < -0.3 is 0 Å². The molecule has 0 nitrogen and oxygen atoms in total. The lowest BCUT2D eigenvalue weighted by molar-refractivity contribution is 0.322. The summed E-state index contributed by atoms with van der Waals surface area (Å²) in [4.78, 5) is 0. The summed E-state index contributed by atoms with van der Waals surface area (Å²) in [6.45, 7) is 11.7. The average molecular weight is 170 g/mol. The van der Waals surface area contributed by atoms with Crippen molar-refractivity contribution in [3.05, 3.63) is 0 Å². The van der Waals surface area contributed by atoms with E-state index in [1.165, 1.54) is 25.7 Å². The van der Waals surface area contributed by atoms with E-state index in [0.717, 1.165) is 17.8 Å². The number of hydrogen-bond donors (Lipinski definition) is 0. The standard InChI is InChI=1S/C12H26/c1-6-10(3)8-9-12(5)11(4)7-2/h10-12H,6-9H2,1-5H3/t10-,11-,12-/m1/s1. The maximum absolute atomic E-state index is 2.40. The van der Waals surface area contributed by atoms with Crippen LogP contribution in [0.1, 0.15) is 60.3 Å². The quantitative estimate of drug-likeness (QED) is 0.551. The van der Waals surface area contributed by atoms with E-state index < -0.39 is 0 Å². The van der Waals surface area contributed by atoms with Crippen LogP contribution in [0.15, 0.2) is 0 Å². The second-order valence-corrected chi connectivity index (χ2v) is 4.45. The van der Waals surface area contributed by atoms with Gasteiger partial charge in [-0.25, -0.2) is 0 Å². The van der Waals surface area contributed by atoms with Gasteiger partial charge in [-0.15, -0.1) is 0 Å². The molecule has 0 rings (SSSR count). The minimum atomic E-state index is 0.911. The van der Waals surface area contributed by atoms with E-state index in [1.54, 1.807) is 0 Å². The molecule has 0 spiro atoms. The lowest BCUT2D eigenvalue weighted by Gasteiger charge is -2.19. The monoisotopic (exact) mass is 170 g/mol. The van der Waals surface area contributed by atoms with Gasteiger partial charge in [0.1, 0.15) is 0 Å². The normalized spacial score (nSPS) is 18.8. The fourth-order valence-corrected chi connectivity index (χ4v) is 1.44. The fraction of sp³-hybridized carbons (Fsp3) is 1.00. The highest BCUT2D eigenvalue weighted by atomic mass is 14.2. The molecule has 0 N–H and O–H groups in total. The molecule has 0 bridgehead atoms. The molecule has 0 amide bonds. The summed E-state index contributed by atoms with van der Waals surface area (Å²) in [5.74, 6) is 2.76. The number of hydrogen-bond acceptors (Lipinski definition) is 0. The Kier molecular flexibility index (Phi) is 6.51. The van der Waals surface area contributed by atoms with Crippen LogP contribution < -0.4 is 0 Å². The summed E-state index contributed by atoms with van der Waals surface area (Å²) in [6, 6.07) is 0. The van der Waals surface area contributed by atoms with E-state index in [4.69, 9.17) is 0 Å². The molecule has 0 aliphatic heterocycles. The van der Waals surface area contributed by atoms with Crippen molar-refractivity contribution in [2.75, 3.05) is 0 Å². The highest BCUT2D eigenvalue weighted by Gasteiger charge is 2.10. The van der Waals surface area contributed by atoms with Crippen molar-refractivity contribution < 1.29 is 0 Å². The van der Waals surface area contributed by atoms with Gasteiger partial charge in [0.2, 0.25) is 0 Å². The molecule has 0 aromatic heterocycles. The van der Waals surface area contributed by atoms with Gasteiger partial charge in [0.05, 0.1) is 0 Å². The first-order chi connectivity index (χ1) is 5.61. The highest BCUT2D eigenvalue weighted by molar-refractivity contribution is 4.62. The summed E-state index contributed by atoms with van der Waals surface area (Å²) < 4.78 is 0. The van der Waals surface area contributed by atoms with Crippen molar-refractivity contribution in [2.24, 2.45) is 17.8 Å². The summed E-state index contributed by atoms with van der Waals surface area (Å²) in [7, 11) is 0. The van der Waals surface area contributed by atoms with Gasteiger partial charge >= 0.3 is 0 Å². The van der Waals surface area contributed by atoms with Crippen LogP contribution in [0.3, 0.4) is 0 Å². The molecule has 0 heterocycles. The van der Waals surface area contributed by atoms with Crippen LogP contribution in [0.25, 0.3) is 0 Å². The molecule has 0 radical (unpaired) electrons. The maximum Gasteiger partial charge on any atom is -0.0417 e. The third-order valence-electron chi connectivity index (χ3n) is 3.43. The fourth-order valence-electron chi connectivity index (χ4n) is 1.44. The molecule has 0 aliphatic carbocycles. The van der Waals surface area contributed by atoms with Crippen LogP contribution in [0.2, 0.25) is 0 Å². The predicted molar refractivity (Wildman–Crippen MR) is 57.3 cm³/mol. The Labute approximate surface area is 78.8 Å². The summed E-state index contributed by atoms with van der Waals surface area (Å²) in [5.41, 5.74) is 0. The van der Waals surface area contributed by atoms with Crippen molar-refractivity contribution in [1.29, 1.82) is 0 Å². The van der Waals surface area contributed by atoms with Crippen LogP contribution in [0.4, 0.5) is 0 Å². The minimum absolute atomic E-state index is 0.911. The van der Waals surface area contributed by atoms with Crippen molar-refractivity contribution >= 4 is 0 Å². The summed E-state index contributed by atoms with van der Waals surface area (Å²) in [5, 5.41) is 0. The van der Waals surface area contributed by atoms with Gasteiger partial charge in [-0.05, 0) is 17.8 Å². The molecule has 0 saturated heterocycles. The largest absolute Gasteiger partial charge is 0.0651 e. The molecule has 12 heavy (non-hydrogen) atoms. The minimum Gasteiger partial charge on any atom is -0.0651 e. The smallest absolute Gasteiger partial charge is 0.0417 e. The Balaban J connectivity index is 3.49. The highest BCUT2D eigenvalue weighted by Crippen LogP contribution is 2.22. The first-order valence-corrected chi connectivity index (χ1v) is 5.61. The SMILES string of the molecule is CC[C@@H](C)CC[C@@H](C)[C@H](C)CC. The molecule has 0 saturated carbocycles. The lowest BCUT2D eigenvalue weighted by Crippen LogP contribution is -2.08. The zero-order valence-corrected chi connectivity index (χ0v) is 9.56. The van der Waals surface area contributed by atoms with Gasteiger partial charge in [-0.3, -0.25) is 0 Å². The first kappa shape index (κ1) is 12.0. The van der Waals surface area contributed by atoms with Gasteiger partial charge in [-0.2, -0.15) is 0 Å². The van der Waals surface area contributed by atoms with Crippen LogP contribution in [0.5, 0.6) is 0 Å². The van der Waals surface area contributed by atoms with Crippen molar-refractivity contribution in [2.45, 2.75) is 60.3 Å². The van der Waals surface area contributed by atoms with Gasteiger partial charge in [0.15, 0.2) is 0 Å². The zero-order valence-electron chi connectivity index (χ0n) is 9.56. The van der Waals surface area contributed by atoms with Crippen LogP contribution in [0, 0.1) is 17.8 Å².